The molecule has 3 aliphatic rings. The van der Waals surface area contributed by atoms with Crippen LogP contribution in [0.3, 0.4) is 0 Å². The molecule has 0 fully saturated rings. The standard InChI is InChI=1S/C20H19ISi/c1-22(2)19-12-11-18-16(19)8-5-13-20(18,21)17-10-9-14-6-3-4-7-15(14)17/h3-13,17,22H,1-2H3/t17-,20?/m1/s1. The van der Waals surface area contributed by atoms with Gasteiger partial charge in [-0.25, -0.2) is 0 Å². The molecule has 2 atom stereocenters. The molecule has 0 aromatic heterocycles. The Morgan fingerprint density at radius 2 is 1.91 bits per heavy atom. The van der Waals surface area contributed by atoms with Crippen molar-refractivity contribution in [1.29, 1.82) is 0 Å². The summed E-state index contributed by atoms with van der Waals surface area (Å²) in [4.78, 5) is 0. The van der Waals surface area contributed by atoms with Crippen LogP contribution in [0.15, 0.2) is 77.1 Å². The topological polar surface area (TPSA) is 0 Å². The number of fused-ring (bicyclic) bond motifs is 2. The number of hydrogen-bond donors (Lipinski definition) is 0. The Morgan fingerprint density at radius 3 is 2.73 bits per heavy atom. The lowest BCUT2D eigenvalue weighted by Gasteiger charge is -2.36. The van der Waals surface area contributed by atoms with Gasteiger partial charge in [0.1, 0.15) is 0 Å². The van der Waals surface area contributed by atoms with Gasteiger partial charge in [-0.1, -0.05) is 108 Å². The van der Waals surface area contributed by atoms with Gasteiger partial charge in [0.05, 0.1) is 12.2 Å². The van der Waals surface area contributed by atoms with E-state index in [4.69, 9.17) is 0 Å². The molecule has 1 aromatic carbocycles. The van der Waals surface area contributed by atoms with Gasteiger partial charge >= 0.3 is 0 Å². The van der Waals surface area contributed by atoms with Gasteiger partial charge in [-0.15, -0.1) is 0 Å². The highest BCUT2D eigenvalue weighted by atomic mass is 127. The first-order chi connectivity index (χ1) is 10.6. The second-order valence-corrected chi connectivity index (χ2v) is 11.2. The van der Waals surface area contributed by atoms with Crippen LogP contribution in [0, 0.1) is 0 Å². The number of rotatable bonds is 2. The summed E-state index contributed by atoms with van der Waals surface area (Å²) in [6.07, 6.45) is 16.4. The lowest BCUT2D eigenvalue weighted by Crippen LogP contribution is -2.30. The molecule has 0 radical (unpaired) electrons. The van der Waals surface area contributed by atoms with Crippen molar-refractivity contribution in [3.8, 4) is 0 Å². The summed E-state index contributed by atoms with van der Waals surface area (Å²) in [5.74, 6) is 0.428. The largest absolute Gasteiger partial charge is 0.0761 e. The molecular weight excluding hydrogens is 395 g/mol. The third kappa shape index (κ3) is 2.00. The van der Waals surface area contributed by atoms with Crippen LogP contribution in [0.1, 0.15) is 17.0 Å². The van der Waals surface area contributed by atoms with E-state index in [9.17, 15) is 0 Å². The van der Waals surface area contributed by atoms with Gasteiger partial charge in [0.2, 0.25) is 0 Å². The molecule has 0 spiro atoms. The molecule has 0 nitrogen and oxygen atoms in total. The van der Waals surface area contributed by atoms with Crippen LogP contribution < -0.4 is 0 Å². The second-order valence-electron chi connectivity index (χ2n) is 6.53. The lowest BCUT2D eigenvalue weighted by molar-refractivity contribution is 0.764. The van der Waals surface area contributed by atoms with Gasteiger partial charge < -0.3 is 0 Å². The highest BCUT2D eigenvalue weighted by Crippen LogP contribution is 2.53. The quantitative estimate of drug-likeness (QED) is 0.347. The second kappa shape index (κ2) is 5.20. The first-order valence-electron chi connectivity index (χ1n) is 7.90. The van der Waals surface area contributed by atoms with Gasteiger partial charge in [-0.3, -0.25) is 0 Å². The Hall–Kier alpha value is -1.13. The van der Waals surface area contributed by atoms with Crippen LogP contribution >= 0.6 is 22.6 Å². The van der Waals surface area contributed by atoms with E-state index in [1.165, 1.54) is 22.3 Å². The molecule has 0 amide bonds. The van der Waals surface area contributed by atoms with Crippen molar-refractivity contribution >= 4 is 37.5 Å². The summed E-state index contributed by atoms with van der Waals surface area (Å²) in [5, 5.41) is 1.61. The molecule has 3 aliphatic carbocycles. The molecular formula is C20H19ISi. The molecule has 1 aromatic rings. The van der Waals surface area contributed by atoms with E-state index in [0.29, 0.717) is 5.92 Å². The van der Waals surface area contributed by atoms with E-state index in [0.717, 1.165) is 0 Å². The Bertz CT molecular complexity index is 792. The minimum absolute atomic E-state index is 0.0342. The van der Waals surface area contributed by atoms with Crippen molar-refractivity contribution in [2.45, 2.75) is 22.4 Å². The van der Waals surface area contributed by atoms with Crippen molar-refractivity contribution < 1.29 is 0 Å². The number of alkyl halides is 1. The number of halogens is 1. The van der Waals surface area contributed by atoms with Crippen molar-refractivity contribution in [3.63, 3.8) is 0 Å². The molecule has 0 aliphatic heterocycles. The zero-order valence-corrected chi connectivity index (χ0v) is 16.2. The highest BCUT2D eigenvalue weighted by molar-refractivity contribution is 14.1. The van der Waals surface area contributed by atoms with Crippen molar-refractivity contribution in [2.75, 3.05) is 0 Å². The maximum Gasteiger partial charge on any atom is 0.0761 e. The minimum Gasteiger partial charge on any atom is -0.0744 e. The van der Waals surface area contributed by atoms with Gasteiger partial charge in [0, 0.05) is 5.92 Å². The fourth-order valence-corrected chi connectivity index (χ4v) is 6.37. The average molecular weight is 414 g/mol. The minimum atomic E-state index is -0.790. The summed E-state index contributed by atoms with van der Waals surface area (Å²) in [5.41, 5.74) is 5.83. The Balaban J connectivity index is 1.78. The Kier molecular flexibility index (Phi) is 3.42. The van der Waals surface area contributed by atoms with E-state index < -0.39 is 8.80 Å². The van der Waals surface area contributed by atoms with Crippen molar-refractivity contribution in [3.05, 3.63) is 88.2 Å². The van der Waals surface area contributed by atoms with Gasteiger partial charge in [-0.05, 0) is 22.3 Å². The fraction of sp³-hybridized carbons (Fsp3) is 0.200. The smallest absolute Gasteiger partial charge is 0.0744 e. The predicted octanol–water partition coefficient (Wildman–Crippen LogP) is 5.36. The van der Waals surface area contributed by atoms with Gasteiger partial charge in [0.25, 0.3) is 0 Å². The van der Waals surface area contributed by atoms with Crippen LogP contribution in [0.4, 0.5) is 0 Å². The molecule has 0 saturated carbocycles. The van der Waals surface area contributed by atoms with Gasteiger partial charge in [0.15, 0.2) is 0 Å². The molecule has 4 rings (SSSR count). The first kappa shape index (κ1) is 14.5. The lowest BCUT2D eigenvalue weighted by atomic mass is 9.78. The van der Waals surface area contributed by atoms with Crippen molar-refractivity contribution in [1.82, 2.24) is 0 Å². The zero-order chi connectivity index (χ0) is 15.3. The molecule has 0 saturated heterocycles. The molecule has 22 heavy (non-hydrogen) atoms. The average Bonchev–Trinajstić information content (AvgIpc) is 3.12. The van der Waals surface area contributed by atoms with Crippen LogP contribution in [-0.2, 0) is 0 Å². The van der Waals surface area contributed by atoms with E-state index in [2.05, 4.69) is 102 Å². The molecule has 2 heteroatoms. The molecule has 0 bridgehead atoms. The summed E-state index contributed by atoms with van der Waals surface area (Å²) >= 11 is 2.67. The third-order valence-corrected chi connectivity index (χ3v) is 8.28. The normalized spacial score (nSPS) is 28.4. The monoisotopic (exact) mass is 414 g/mol. The SMILES string of the molecule is C[SiH](C)C1=CC=C2C1=CC=CC2(I)[C@@H]1C=Cc2ccccc21. The summed E-state index contributed by atoms with van der Waals surface area (Å²) in [6, 6.07) is 8.80. The maximum absolute atomic E-state index is 2.67. The summed E-state index contributed by atoms with van der Waals surface area (Å²) in [7, 11) is -0.790. The molecule has 0 N–H and O–H groups in total. The van der Waals surface area contributed by atoms with E-state index in [1.54, 1.807) is 5.20 Å². The number of allylic oxidation sites excluding steroid dienone is 9. The van der Waals surface area contributed by atoms with E-state index >= 15 is 0 Å². The Morgan fingerprint density at radius 1 is 1.09 bits per heavy atom. The van der Waals surface area contributed by atoms with E-state index in [-0.39, 0.29) is 3.42 Å². The van der Waals surface area contributed by atoms with Crippen LogP contribution in [0.2, 0.25) is 13.1 Å². The van der Waals surface area contributed by atoms with Crippen LogP contribution in [-0.4, -0.2) is 12.2 Å². The maximum atomic E-state index is 2.67. The highest BCUT2D eigenvalue weighted by Gasteiger charge is 2.43. The van der Waals surface area contributed by atoms with E-state index in [1.807, 2.05) is 0 Å². The number of hydrogen-bond acceptors (Lipinski definition) is 0. The summed E-state index contributed by atoms with van der Waals surface area (Å²) < 4.78 is 0.0342. The van der Waals surface area contributed by atoms with Gasteiger partial charge in [-0.2, -0.15) is 0 Å². The van der Waals surface area contributed by atoms with Crippen molar-refractivity contribution in [2.24, 2.45) is 0 Å². The number of benzene rings is 1. The third-order valence-electron chi connectivity index (χ3n) is 4.92. The fourth-order valence-electron chi connectivity index (χ4n) is 3.79. The molecule has 1 unspecified atom stereocenters. The predicted molar refractivity (Wildman–Crippen MR) is 107 cm³/mol. The Labute approximate surface area is 147 Å². The first-order valence-corrected chi connectivity index (χ1v) is 11.9. The molecule has 0 heterocycles. The molecule has 110 valence electrons. The van der Waals surface area contributed by atoms with Crippen LogP contribution in [0.5, 0.6) is 0 Å². The zero-order valence-electron chi connectivity index (χ0n) is 12.9. The summed E-state index contributed by atoms with van der Waals surface area (Å²) in [6.45, 7) is 4.84. The van der Waals surface area contributed by atoms with Crippen LogP contribution in [0.25, 0.3) is 6.08 Å².